The van der Waals surface area contributed by atoms with E-state index in [0.717, 1.165) is 36.9 Å². The van der Waals surface area contributed by atoms with Gasteiger partial charge in [-0.2, -0.15) is 31.4 Å². The van der Waals surface area contributed by atoms with Gasteiger partial charge < -0.3 is 4.74 Å². The van der Waals surface area contributed by atoms with Gasteiger partial charge in [0.2, 0.25) is 0 Å². The van der Waals surface area contributed by atoms with Crippen molar-refractivity contribution in [1.29, 1.82) is 0 Å². The molecule has 2 aromatic carbocycles. The average Bonchev–Trinajstić information content (AvgIpc) is 3.21. The maximum atomic E-state index is 13.7. The third-order valence-electron chi connectivity index (χ3n) is 3.82. The molecule has 0 unspecified atom stereocenters. The van der Waals surface area contributed by atoms with Crippen molar-refractivity contribution < 1.29 is 44.4 Å². The lowest BCUT2D eigenvalue weighted by Crippen LogP contribution is -2.30. The summed E-state index contributed by atoms with van der Waals surface area (Å²) in [7, 11) is 0. The average molecular weight is 451 g/mol. The van der Waals surface area contributed by atoms with Crippen LogP contribution in [0.3, 0.4) is 0 Å². The first-order chi connectivity index (χ1) is 15.6. The van der Waals surface area contributed by atoms with Crippen LogP contribution in [0.1, 0.15) is 15.2 Å². The van der Waals surface area contributed by atoms with Gasteiger partial charge in [-0.3, -0.25) is 4.90 Å². The highest BCUT2D eigenvalue weighted by atomic mass is 19.4. The minimum atomic E-state index is -5.47. The second-order valence-corrected chi connectivity index (χ2v) is 5.89. The summed E-state index contributed by atoms with van der Waals surface area (Å²) in [5.74, 6) is -2.26. The van der Waals surface area contributed by atoms with Crippen LogP contribution in [0.25, 0.3) is 5.69 Å². The first kappa shape index (κ1) is 18.2. The van der Waals surface area contributed by atoms with Crippen LogP contribution in [0.2, 0.25) is 0 Å². The Balaban J connectivity index is 2.21. The molecular formula is C18H11F7N4O2. The quantitative estimate of drug-likeness (QED) is 0.522. The Kier molecular flexibility index (Phi) is 4.62. The third-order valence-corrected chi connectivity index (χ3v) is 3.82. The number of rotatable bonds is 3. The van der Waals surface area contributed by atoms with Crippen LogP contribution < -0.4 is 9.64 Å². The molecule has 3 rings (SSSR count). The van der Waals surface area contributed by atoms with Crippen LogP contribution in [0, 0.1) is 5.82 Å². The lowest BCUT2D eigenvalue weighted by molar-refractivity contribution is -0.143. The fourth-order valence-electron chi connectivity index (χ4n) is 2.43. The number of ether oxygens (including phenoxy) is 1. The summed E-state index contributed by atoms with van der Waals surface area (Å²) in [6.07, 6.45) is -11.1. The lowest BCUT2D eigenvalue weighted by atomic mass is 10.1. The van der Waals surface area contributed by atoms with Gasteiger partial charge in [0.15, 0.2) is 5.75 Å². The Labute approximate surface area is 173 Å². The van der Waals surface area contributed by atoms with Gasteiger partial charge in [0, 0.05) is 16.8 Å². The molecule has 164 valence electrons. The van der Waals surface area contributed by atoms with E-state index in [4.69, 9.17) is 8.85 Å². The van der Waals surface area contributed by atoms with Crippen molar-refractivity contribution >= 4 is 11.8 Å². The number of carbonyl (C=O) groups excluding carboxylic acids is 1. The second-order valence-electron chi connectivity index (χ2n) is 5.89. The van der Waals surface area contributed by atoms with Gasteiger partial charge >= 0.3 is 18.4 Å². The van der Waals surface area contributed by atoms with Crippen LogP contribution in [0.15, 0.2) is 49.1 Å². The Bertz CT molecular complexity index is 1180. The zero-order valence-corrected chi connectivity index (χ0v) is 14.9. The van der Waals surface area contributed by atoms with E-state index < -0.39 is 59.5 Å². The molecule has 6 nitrogen and oxygen atoms in total. The molecule has 0 atom stereocenters. The van der Waals surface area contributed by atoms with Crippen molar-refractivity contribution in [2.75, 3.05) is 11.9 Å². The van der Waals surface area contributed by atoms with Crippen LogP contribution in [0.4, 0.5) is 41.2 Å². The number of hydrogen-bond donors (Lipinski definition) is 0. The van der Waals surface area contributed by atoms with E-state index in [1.54, 1.807) is 0 Å². The molecule has 0 radical (unpaired) electrons. The number of benzene rings is 2. The molecule has 0 N–H and O–H groups in total. The molecule has 1 heterocycles. The fraction of sp³-hybridized carbons (Fsp3) is 0.167. The number of amides is 1. The number of nitrogens with zero attached hydrogens (tertiary/aromatic N) is 4. The molecule has 0 aliphatic heterocycles. The zero-order valence-electron chi connectivity index (χ0n) is 17.9. The van der Waals surface area contributed by atoms with Crippen LogP contribution in [-0.4, -0.2) is 27.8 Å². The van der Waals surface area contributed by atoms with E-state index in [0.29, 0.717) is 4.68 Å². The molecule has 0 aliphatic carbocycles. The molecule has 0 fully saturated rings. The fourth-order valence-corrected chi connectivity index (χ4v) is 2.43. The zero-order chi connectivity index (χ0) is 25.5. The van der Waals surface area contributed by atoms with E-state index in [1.165, 1.54) is 0 Å². The largest absolute Gasteiger partial charge is 0.420 e. The van der Waals surface area contributed by atoms with Crippen LogP contribution in [-0.2, 0) is 12.4 Å². The highest BCUT2D eigenvalue weighted by Crippen LogP contribution is 2.44. The predicted molar refractivity (Wildman–Crippen MR) is 92.2 cm³/mol. The summed E-state index contributed by atoms with van der Waals surface area (Å²) in [5, 5.41) is 3.48. The number of anilines is 1. The van der Waals surface area contributed by atoms with Crippen molar-refractivity contribution in [3.8, 4) is 11.4 Å². The molecule has 0 bridgehead atoms. The number of alkyl halides is 6. The van der Waals surface area contributed by atoms with Crippen LogP contribution >= 0.6 is 0 Å². The number of hydrogen-bond acceptors (Lipinski definition) is 4. The summed E-state index contributed by atoms with van der Waals surface area (Å²) in [6.45, 7) is -3.33. The Morgan fingerprint density at radius 3 is 2.29 bits per heavy atom. The minimum absolute atomic E-state index is 0.0601. The molecule has 0 saturated carbocycles. The van der Waals surface area contributed by atoms with Crippen molar-refractivity contribution in [2.45, 2.75) is 12.4 Å². The minimum Gasteiger partial charge on any atom is -0.407 e. The Morgan fingerprint density at radius 1 is 1.10 bits per heavy atom. The second kappa shape index (κ2) is 7.89. The molecule has 0 saturated heterocycles. The number of carbonyl (C=O) groups is 1. The van der Waals surface area contributed by atoms with Gasteiger partial charge in [0.1, 0.15) is 29.7 Å². The number of halogens is 7. The van der Waals surface area contributed by atoms with Crippen molar-refractivity contribution in [3.63, 3.8) is 0 Å². The molecule has 1 aromatic heterocycles. The molecule has 0 aliphatic rings. The van der Waals surface area contributed by atoms with Gasteiger partial charge in [-0.1, -0.05) is 0 Å². The van der Waals surface area contributed by atoms with Gasteiger partial charge in [-0.15, -0.1) is 0 Å². The number of aromatic nitrogens is 3. The highest BCUT2D eigenvalue weighted by Gasteiger charge is 2.41. The van der Waals surface area contributed by atoms with E-state index >= 15 is 0 Å². The van der Waals surface area contributed by atoms with Crippen molar-refractivity contribution in [3.05, 3.63) is 66.0 Å². The van der Waals surface area contributed by atoms with E-state index in [-0.39, 0.29) is 17.0 Å². The molecule has 13 heteroatoms. The normalized spacial score (nSPS) is 13.8. The standard InChI is InChI=1S/C18H11F7N4O2/c1-28(12-4-2-11(19)3-5-12)16(30)31-15-13(18(23,24)25)6-10(17(20,21)22)7-14(15)29-9-26-8-27-29/h2-9H,1H3/i1D3. The monoisotopic (exact) mass is 451 g/mol. The molecule has 31 heavy (non-hydrogen) atoms. The maximum Gasteiger partial charge on any atom is 0.420 e. The Morgan fingerprint density at radius 2 is 1.77 bits per heavy atom. The summed E-state index contributed by atoms with van der Waals surface area (Å²) in [6, 6.07) is 3.19. The molecule has 3 aromatic rings. The molecular weight excluding hydrogens is 437 g/mol. The molecule has 0 spiro atoms. The molecule has 1 amide bonds. The predicted octanol–water partition coefficient (Wildman–Crippen LogP) is 5.08. The SMILES string of the molecule is [2H]C([2H])([2H])N(C(=O)Oc1c(-n2cncn2)cc(C(F)(F)F)cc1C(F)(F)F)c1ccc(F)cc1. The van der Waals surface area contributed by atoms with Gasteiger partial charge in [0.05, 0.1) is 5.56 Å². The van der Waals surface area contributed by atoms with Gasteiger partial charge in [0.25, 0.3) is 0 Å². The van der Waals surface area contributed by atoms with E-state index in [2.05, 4.69) is 10.1 Å². The first-order valence-electron chi connectivity index (χ1n) is 9.54. The van der Waals surface area contributed by atoms with E-state index in [1.807, 2.05) is 0 Å². The summed E-state index contributed by atoms with van der Waals surface area (Å²) in [4.78, 5) is 16.1. The summed E-state index contributed by atoms with van der Waals surface area (Å²) in [5.41, 5.74) is -5.23. The Hall–Kier alpha value is -3.64. The van der Waals surface area contributed by atoms with Crippen LogP contribution in [0.5, 0.6) is 5.75 Å². The summed E-state index contributed by atoms with van der Waals surface area (Å²) >= 11 is 0. The first-order valence-corrected chi connectivity index (χ1v) is 8.04. The van der Waals surface area contributed by atoms with Gasteiger partial charge in [-0.25, -0.2) is 18.9 Å². The van der Waals surface area contributed by atoms with Crippen molar-refractivity contribution in [2.24, 2.45) is 0 Å². The van der Waals surface area contributed by atoms with E-state index in [9.17, 15) is 35.5 Å². The highest BCUT2D eigenvalue weighted by molar-refractivity contribution is 5.89. The van der Waals surface area contributed by atoms with Gasteiger partial charge in [-0.05, 0) is 36.4 Å². The van der Waals surface area contributed by atoms with Crippen molar-refractivity contribution in [1.82, 2.24) is 14.8 Å². The topological polar surface area (TPSA) is 60.2 Å². The maximum absolute atomic E-state index is 13.7. The lowest BCUT2D eigenvalue weighted by Gasteiger charge is -2.22. The summed E-state index contributed by atoms with van der Waals surface area (Å²) < 4.78 is 122. The smallest absolute Gasteiger partial charge is 0.407 e. The third kappa shape index (κ3) is 4.75.